The Morgan fingerprint density at radius 1 is 1.35 bits per heavy atom. The predicted octanol–water partition coefficient (Wildman–Crippen LogP) is 4.87. The highest BCUT2D eigenvalue weighted by atomic mass is 79.9. The summed E-state index contributed by atoms with van der Waals surface area (Å²) >= 11 is 9.06. The smallest absolute Gasteiger partial charge is 0.148 e. The maximum absolute atomic E-state index is 14.2. The van der Waals surface area contributed by atoms with Crippen molar-refractivity contribution in [3.63, 3.8) is 0 Å². The maximum Gasteiger partial charge on any atom is 0.148 e. The van der Waals surface area contributed by atoms with Crippen LogP contribution < -0.4 is 0 Å². The molecule has 1 aliphatic carbocycles. The average Bonchev–Trinajstić information content (AvgIpc) is 2.47. The highest BCUT2D eigenvalue weighted by molar-refractivity contribution is 9.10. The first-order chi connectivity index (χ1) is 9.56. The quantitative estimate of drug-likeness (QED) is 0.771. The van der Waals surface area contributed by atoms with Gasteiger partial charge in [0.15, 0.2) is 0 Å². The lowest BCUT2D eigenvalue weighted by Gasteiger charge is -2.32. The lowest BCUT2D eigenvalue weighted by atomic mass is 9.82. The molecule has 2 atom stereocenters. The minimum Gasteiger partial charge on any atom is -0.386 e. The van der Waals surface area contributed by atoms with Gasteiger partial charge in [-0.15, -0.1) is 0 Å². The summed E-state index contributed by atoms with van der Waals surface area (Å²) in [5, 5.41) is 10.5. The van der Waals surface area contributed by atoms with Crippen LogP contribution in [0.1, 0.15) is 43.8 Å². The van der Waals surface area contributed by atoms with E-state index < -0.39 is 11.9 Å². The van der Waals surface area contributed by atoms with Crippen LogP contribution in [0.25, 0.3) is 0 Å². The molecular formula is C15H19BrClFO2. The lowest BCUT2D eigenvalue weighted by molar-refractivity contribution is -0.0571. The molecular weight excluding hydrogens is 347 g/mol. The van der Waals surface area contributed by atoms with Crippen LogP contribution in [-0.2, 0) is 4.74 Å². The number of ether oxygens (including phenoxy) is 1. The summed E-state index contributed by atoms with van der Waals surface area (Å²) in [4.78, 5) is 0. The van der Waals surface area contributed by atoms with E-state index in [2.05, 4.69) is 15.9 Å². The monoisotopic (exact) mass is 364 g/mol. The largest absolute Gasteiger partial charge is 0.386 e. The number of methoxy groups -OCH3 is 1. The highest BCUT2D eigenvalue weighted by Crippen LogP contribution is 2.37. The number of hydrogen-bond acceptors (Lipinski definition) is 2. The van der Waals surface area contributed by atoms with Gasteiger partial charge in [0, 0.05) is 17.1 Å². The van der Waals surface area contributed by atoms with Gasteiger partial charge in [-0.25, -0.2) is 4.39 Å². The van der Waals surface area contributed by atoms with Crippen molar-refractivity contribution in [1.82, 2.24) is 0 Å². The molecule has 112 valence electrons. The van der Waals surface area contributed by atoms with E-state index in [0.717, 1.165) is 25.7 Å². The van der Waals surface area contributed by atoms with Crippen molar-refractivity contribution in [1.29, 1.82) is 0 Å². The van der Waals surface area contributed by atoms with Gasteiger partial charge >= 0.3 is 0 Å². The van der Waals surface area contributed by atoms with Crippen LogP contribution in [0.5, 0.6) is 0 Å². The molecule has 0 spiro atoms. The third kappa shape index (κ3) is 3.35. The zero-order chi connectivity index (χ0) is 14.7. The summed E-state index contributed by atoms with van der Waals surface area (Å²) in [7, 11) is 1.57. The van der Waals surface area contributed by atoms with Gasteiger partial charge in [-0.1, -0.05) is 36.9 Å². The molecule has 0 saturated heterocycles. The van der Waals surface area contributed by atoms with Crippen LogP contribution in [0.15, 0.2) is 16.6 Å². The van der Waals surface area contributed by atoms with Gasteiger partial charge in [-0.05, 0) is 40.8 Å². The van der Waals surface area contributed by atoms with E-state index in [1.54, 1.807) is 19.2 Å². The van der Waals surface area contributed by atoms with Gasteiger partial charge in [0.2, 0.25) is 0 Å². The second kappa shape index (κ2) is 7.21. The molecule has 2 rings (SSSR count). The van der Waals surface area contributed by atoms with Crippen molar-refractivity contribution in [2.75, 3.05) is 7.11 Å². The first kappa shape index (κ1) is 16.2. The Labute approximate surface area is 132 Å². The molecule has 0 amide bonds. The lowest BCUT2D eigenvalue weighted by Crippen LogP contribution is -2.31. The second-order valence-corrected chi connectivity index (χ2v) is 6.54. The predicted molar refractivity (Wildman–Crippen MR) is 81.4 cm³/mol. The number of benzene rings is 1. The fourth-order valence-corrected chi connectivity index (χ4v) is 3.47. The van der Waals surface area contributed by atoms with Crippen LogP contribution in [0, 0.1) is 11.7 Å². The standard InChI is InChI=1S/C15H19BrClFO2/c1-20-15(9-5-3-2-4-6-9)14(19)10-7-8-11(16)12(17)13(10)18/h7-9,14-15,19H,2-6H2,1H3. The molecule has 1 aliphatic rings. The van der Waals surface area contributed by atoms with Crippen molar-refractivity contribution in [3.8, 4) is 0 Å². The van der Waals surface area contributed by atoms with Gasteiger partial charge in [-0.2, -0.15) is 0 Å². The van der Waals surface area contributed by atoms with Crippen LogP contribution in [0.2, 0.25) is 5.02 Å². The topological polar surface area (TPSA) is 29.5 Å². The van der Waals surface area contributed by atoms with E-state index >= 15 is 0 Å². The zero-order valence-corrected chi connectivity index (χ0v) is 13.8. The summed E-state index contributed by atoms with van der Waals surface area (Å²) in [5.74, 6) is -0.308. The Hall–Kier alpha value is -0.160. The molecule has 0 heterocycles. The fourth-order valence-electron chi connectivity index (χ4n) is 2.99. The number of rotatable bonds is 4. The number of aliphatic hydroxyl groups is 1. The van der Waals surface area contributed by atoms with E-state index in [4.69, 9.17) is 16.3 Å². The van der Waals surface area contributed by atoms with Crippen LogP contribution in [0.3, 0.4) is 0 Å². The first-order valence-electron chi connectivity index (χ1n) is 6.90. The third-order valence-electron chi connectivity index (χ3n) is 4.08. The average molecular weight is 366 g/mol. The normalized spacial score (nSPS) is 19.9. The van der Waals surface area contributed by atoms with Crippen molar-refractivity contribution in [3.05, 3.63) is 33.0 Å². The second-order valence-electron chi connectivity index (χ2n) is 5.31. The summed E-state index contributed by atoms with van der Waals surface area (Å²) in [6, 6.07) is 3.21. The molecule has 1 aromatic carbocycles. The molecule has 1 aromatic rings. The minimum atomic E-state index is -0.992. The molecule has 1 saturated carbocycles. The molecule has 2 nitrogen and oxygen atoms in total. The Balaban J connectivity index is 2.23. The molecule has 20 heavy (non-hydrogen) atoms. The van der Waals surface area contributed by atoms with Crippen molar-refractivity contribution in [2.24, 2.45) is 5.92 Å². The Kier molecular flexibility index (Phi) is 5.84. The molecule has 1 fully saturated rings. The van der Waals surface area contributed by atoms with E-state index in [-0.39, 0.29) is 22.6 Å². The Morgan fingerprint density at radius 3 is 2.60 bits per heavy atom. The number of hydrogen-bond donors (Lipinski definition) is 1. The zero-order valence-electron chi connectivity index (χ0n) is 11.4. The summed E-state index contributed by atoms with van der Waals surface area (Å²) in [5.41, 5.74) is 0.204. The van der Waals surface area contributed by atoms with E-state index in [9.17, 15) is 9.50 Å². The number of aliphatic hydroxyl groups excluding tert-OH is 1. The van der Waals surface area contributed by atoms with Crippen molar-refractivity contribution >= 4 is 27.5 Å². The molecule has 5 heteroatoms. The SMILES string of the molecule is COC(C1CCCCC1)C(O)c1ccc(Br)c(Cl)c1F. The van der Waals surface area contributed by atoms with Crippen LogP contribution in [0.4, 0.5) is 4.39 Å². The highest BCUT2D eigenvalue weighted by Gasteiger charge is 2.32. The summed E-state index contributed by atoms with van der Waals surface area (Å²) in [6.07, 6.45) is 4.15. The fraction of sp³-hybridized carbons (Fsp3) is 0.600. The van der Waals surface area contributed by atoms with E-state index in [0.29, 0.717) is 4.47 Å². The first-order valence-corrected chi connectivity index (χ1v) is 8.07. The summed E-state index contributed by atoms with van der Waals surface area (Å²) < 4.78 is 20.1. The number of halogens is 3. The van der Waals surface area contributed by atoms with Gasteiger partial charge in [-0.3, -0.25) is 0 Å². The molecule has 0 aromatic heterocycles. The van der Waals surface area contributed by atoms with Crippen molar-refractivity contribution in [2.45, 2.75) is 44.3 Å². The Morgan fingerprint density at radius 2 is 2.00 bits per heavy atom. The van der Waals surface area contributed by atoms with E-state index in [1.807, 2.05) is 0 Å². The van der Waals surface area contributed by atoms with Gasteiger partial charge in [0.1, 0.15) is 11.9 Å². The van der Waals surface area contributed by atoms with Crippen molar-refractivity contribution < 1.29 is 14.2 Å². The van der Waals surface area contributed by atoms with Gasteiger partial charge in [0.05, 0.1) is 11.1 Å². The molecule has 0 aliphatic heterocycles. The van der Waals surface area contributed by atoms with Crippen LogP contribution in [-0.4, -0.2) is 18.3 Å². The van der Waals surface area contributed by atoms with Gasteiger partial charge < -0.3 is 9.84 Å². The van der Waals surface area contributed by atoms with E-state index in [1.165, 1.54) is 6.42 Å². The maximum atomic E-state index is 14.2. The van der Waals surface area contributed by atoms with Gasteiger partial charge in [0.25, 0.3) is 0 Å². The minimum absolute atomic E-state index is 0.0000437. The molecule has 2 unspecified atom stereocenters. The van der Waals surface area contributed by atoms with Crippen LogP contribution >= 0.6 is 27.5 Å². The molecule has 0 bridgehead atoms. The summed E-state index contributed by atoms with van der Waals surface area (Å²) in [6.45, 7) is 0. The third-order valence-corrected chi connectivity index (χ3v) is 5.34. The molecule has 0 radical (unpaired) electrons. The molecule has 1 N–H and O–H groups in total. The Bertz CT molecular complexity index is 463.